The van der Waals surface area contributed by atoms with E-state index < -0.39 is 8.72 Å². The number of para-hydroxylation sites is 4. The van der Waals surface area contributed by atoms with Crippen molar-refractivity contribution in [3.05, 3.63) is 121 Å². The van der Waals surface area contributed by atoms with Crippen LogP contribution in [-0.2, 0) is 0 Å². The lowest BCUT2D eigenvalue weighted by Crippen LogP contribution is -2.59. The van der Waals surface area contributed by atoms with Crippen LogP contribution in [0.15, 0.2) is 121 Å². The molecule has 4 nitrogen and oxygen atoms in total. The van der Waals surface area contributed by atoms with Crippen molar-refractivity contribution in [1.29, 1.82) is 0 Å². The molecule has 0 radical (unpaired) electrons. The van der Waals surface area contributed by atoms with Gasteiger partial charge in [-0.15, -0.1) is 0 Å². The second-order valence-electron chi connectivity index (χ2n) is 11.7. The predicted molar refractivity (Wildman–Crippen MR) is 172 cm³/mol. The molecule has 4 aromatic heterocycles. The SMILES string of the molecule is c1ccc2c(c1)c1ccc3c4ccccc4n4c3c1n2[Si]41n2c3ccccc3c3ccc4c5ccccc5n1c4c32. The molecule has 12 rings (SSSR count). The lowest BCUT2D eigenvalue weighted by atomic mass is 10.1. The van der Waals surface area contributed by atoms with Gasteiger partial charge in [0.1, 0.15) is 0 Å². The van der Waals surface area contributed by atoms with Crippen LogP contribution in [0.1, 0.15) is 0 Å². The summed E-state index contributed by atoms with van der Waals surface area (Å²) in [6, 6.07) is 45.7. The van der Waals surface area contributed by atoms with Gasteiger partial charge in [-0.05, 0) is 24.3 Å². The standard InChI is InChI=1S/C36H20N4Si/c1-5-13-29-21(9-1)25-17-18-26-22-10-2-6-14-30(22)38-34(26)33(25)37(29)41(38)39-31-15-7-3-11-23(31)27-19-20-28-24-12-4-8-16-32(24)40(41)36(28)35(27)39/h1-20H. The van der Waals surface area contributed by atoms with Crippen LogP contribution in [0.5, 0.6) is 0 Å². The molecule has 41 heavy (non-hydrogen) atoms. The first-order valence-corrected chi connectivity index (χ1v) is 16.1. The van der Waals surface area contributed by atoms with Crippen LogP contribution < -0.4 is 0 Å². The molecule has 6 aromatic carbocycles. The normalized spacial score (nSPS) is 15.0. The maximum absolute atomic E-state index is 3.06. The molecule has 0 unspecified atom stereocenters. The highest BCUT2D eigenvalue weighted by Crippen LogP contribution is 2.53. The highest BCUT2D eigenvalue weighted by atomic mass is 28.4. The quantitative estimate of drug-likeness (QED) is 0.173. The van der Waals surface area contributed by atoms with E-state index in [2.05, 4.69) is 138 Å². The molecule has 0 bridgehead atoms. The predicted octanol–water partition coefficient (Wildman–Crippen LogP) is 8.67. The molecule has 2 aliphatic rings. The second kappa shape index (κ2) is 6.07. The van der Waals surface area contributed by atoms with Gasteiger partial charge < -0.3 is 16.9 Å². The van der Waals surface area contributed by atoms with E-state index in [9.17, 15) is 0 Å². The number of rotatable bonds is 0. The fourth-order valence-corrected chi connectivity index (χ4v) is 14.2. The summed E-state index contributed by atoms with van der Waals surface area (Å²) in [4.78, 5) is 0. The fraction of sp³-hybridized carbons (Fsp3) is 0. The van der Waals surface area contributed by atoms with Crippen molar-refractivity contribution < 1.29 is 0 Å². The first-order chi connectivity index (χ1) is 20.4. The van der Waals surface area contributed by atoms with Crippen LogP contribution in [-0.4, -0.2) is 25.7 Å². The Bertz CT molecular complexity index is 2480. The summed E-state index contributed by atoms with van der Waals surface area (Å²) in [5, 5.41) is 10.7. The van der Waals surface area contributed by atoms with Crippen LogP contribution in [0.2, 0.25) is 0 Å². The average Bonchev–Trinajstić information content (AvgIpc) is 3.83. The lowest BCUT2D eigenvalue weighted by Gasteiger charge is -2.32. The molecule has 0 amide bonds. The van der Waals surface area contributed by atoms with E-state index in [4.69, 9.17) is 0 Å². The van der Waals surface area contributed by atoms with Gasteiger partial charge in [-0.2, -0.15) is 0 Å². The Labute approximate surface area is 233 Å². The zero-order valence-corrected chi connectivity index (χ0v) is 22.8. The zero-order valence-electron chi connectivity index (χ0n) is 21.8. The molecule has 1 spiro atoms. The fourth-order valence-electron chi connectivity index (χ4n) is 8.85. The third kappa shape index (κ3) is 1.78. The number of nitrogens with zero attached hydrogens (tertiary/aromatic N) is 4. The minimum absolute atomic E-state index is 1.32. The Morgan fingerprint density at radius 2 is 0.512 bits per heavy atom. The number of fused-ring (bicyclic) bond motifs is 16. The van der Waals surface area contributed by atoms with Gasteiger partial charge in [0.15, 0.2) is 0 Å². The number of benzene rings is 6. The molecule has 0 aliphatic carbocycles. The van der Waals surface area contributed by atoms with Crippen LogP contribution >= 0.6 is 0 Å². The van der Waals surface area contributed by atoms with Crippen LogP contribution in [0, 0.1) is 0 Å². The first-order valence-electron chi connectivity index (χ1n) is 14.3. The Morgan fingerprint density at radius 1 is 0.268 bits per heavy atom. The molecule has 2 aliphatic heterocycles. The number of aromatic nitrogens is 4. The van der Waals surface area contributed by atoms with E-state index in [1.165, 1.54) is 87.2 Å². The average molecular weight is 537 g/mol. The number of hydrogen-bond acceptors (Lipinski definition) is 0. The van der Waals surface area contributed by atoms with Crippen molar-refractivity contribution in [1.82, 2.24) is 16.9 Å². The molecule has 10 aromatic rings. The van der Waals surface area contributed by atoms with Crippen LogP contribution in [0.3, 0.4) is 0 Å². The van der Waals surface area contributed by atoms with Gasteiger partial charge in [0, 0.05) is 65.2 Å². The molecule has 6 heterocycles. The van der Waals surface area contributed by atoms with Crippen molar-refractivity contribution in [2.45, 2.75) is 0 Å². The molecular formula is C36H20N4Si. The topological polar surface area (TPSA) is 19.7 Å². The smallest absolute Gasteiger partial charge is 0.312 e. The van der Waals surface area contributed by atoms with E-state index in [0.29, 0.717) is 0 Å². The summed E-state index contributed by atoms with van der Waals surface area (Å²) >= 11 is 0. The summed E-state index contributed by atoms with van der Waals surface area (Å²) in [5.41, 5.74) is 10.8. The van der Waals surface area contributed by atoms with Crippen molar-refractivity contribution in [2.75, 3.05) is 0 Å². The largest absolute Gasteiger partial charge is 0.522 e. The van der Waals surface area contributed by atoms with Gasteiger partial charge in [-0.3, -0.25) is 0 Å². The Morgan fingerprint density at radius 3 is 0.780 bits per heavy atom. The van der Waals surface area contributed by atoms with E-state index in [-0.39, 0.29) is 0 Å². The van der Waals surface area contributed by atoms with Crippen molar-refractivity contribution >= 4 is 95.9 Å². The molecule has 0 N–H and O–H groups in total. The molecule has 0 atom stereocenters. The maximum atomic E-state index is 2.80. The van der Waals surface area contributed by atoms with Gasteiger partial charge >= 0.3 is 8.72 Å². The Kier molecular flexibility index (Phi) is 2.92. The lowest BCUT2D eigenvalue weighted by molar-refractivity contribution is 0.970. The highest BCUT2D eigenvalue weighted by Gasteiger charge is 2.59. The molecule has 0 saturated heterocycles. The zero-order chi connectivity index (χ0) is 26.2. The van der Waals surface area contributed by atoms with Crippen LogP contribution in [0.4, 0.5) is 0 Å². The van der Waals surface area contributed by atoms with E-state index in [1.807, 2.05) is 0 Å². The van der Waals surface area contributed by atoms with Crippen molar-refractivity contribution in [3.63, 3.8) is 0 Å². The summed E-state index contributed by atoms with van der Waals surface area (Å²) in [7, 11) is -3.06. The first kappa shape index (κ1) is 19.7. The van der Waals surface area contributed by atoms with Gasteiger partial charge in [-0.25, -0.2) is 0 Å². The van der Waals surface area contributed by atoms with Gasteiger partial charge in [0.25, 0.3) is 0 Å². The second-order valence-corrected chi connectivity index (χ2v) is 14.7. The van der Waals surface area contributed by atoms with Crippen molar-refractivity contribution in [3.8, 4) is 0 Å². The molecule has 0 saturated carbocycles. The Balaban J connectivity index is 1.52. The molecule has 188 valence electrons. The third-order valence-corrected chi connectivity index (χ3v) is 14.4. The van der Waals surface area contributed by atoms with Gasteiger partial charge in [0.05, 0.1) is 22.1 Å². The summed E-state index contributed by atoms with van der Waals surface area (Å²) < 4.78 is 11.2. The summed E-state index contributed by atoms with van der Waals surface area (Å²) in [6.07, 6.45) is 0. The third-order valence-electron chi connectivity index (χ3n) is 10.1. The minimum atomic E-state index is -3.06. The highest BCUT2D eigenvalue weighted by molar-refractivity contribution is 6.84. The summed E-state index contributed by atoms with van der Waals surface area (Å²) in [5.74, 6) is 0. The monoisotopic (exact) mass is 536 g/mol. The van der Waals surface area contributed by atoms with Gasteiger partial charge in [0.2, 0.25) is 0 Å². The van der Waals surface area contributed by atoms with E-state index in [0.717, 1.165) is 0 Å². The van der Waals surface area contributed by atoms with Gasteiger partial charge in [-0.1, -0.05) is 97.1 Å². The van der Waals surface area contributed by atoms with E-state index in [1.54, 1.807) is 0 Å². The number of hydrogen-bond donors (Lipinski definition) is 0. The van der Waals surface area contributed by atoms with Crippen molar-refractivity contribution in [2.24, 2.45) is 0 Å². The Hall–Kier alpha value is -5.26. The molecule has 0 fully saturated rings. The van der Waals surface area contributed by atoms with Crippen LogP contribution in [0.25, 0.3) is 87.2 Å². The van der Waals surface area contributed by atoms with E-state index >= 15 is 0 Å². The molecular weight excluding hydrogens is 517 g/mol. The maximum Gasteiger partial charge on any atom is 0.522 e. The molecule has 5 heteroatoms. The summed E-state index contributed by atoms with van der Waals surface area (Å²) in [6.45, 7) is 0. The minimum Gasteiger partial charge on any atom is -0.312 e.